The number of methoxy groups -OCH3 is 1. The van der Waals surface area contributed by atoms with Gasteiger partial charge in [0.2, 0.25) is 0 Å². The molecular weight excluding hydrogens is 338 g/mol. The Morgan fingerprint density at radius 2 is 2.04 bits per heavy atom. The first-order valence-corrected chi connectivity index (χ1v) is 9.05. The van der Waals surface area contributed by atoms with Crippen molar-refractivity contribution >= 4 is 0 Å². The van der Waals surface area contributed by atoms with Crippen molar-refractivity contribution in [3.8, 4) is 5.69 Å². The third-order valence-electron chi connectivity index (χ3n) is 4.97. The van der Waals surface area contributed by atoms with E-state index in [9.17, 15) is 8.78 Å². The van der Waals surface area contributed by atoms with Crippen LogP contribution in [0.15, 0.2) is 18.2 Å². The molecule has 1 saturated carbocycles. The molecule has 142 valence electrons. The third-order valence-corrected chi connectivity index (χ3v) is 4.97. The standard InChI is InChI=1S/C19H26F2N4O/c1-24(2)10-4-5-18-22-19(11-13-6-9-17(13)26-3)25(23-18)14-7-8-15(20)16(21)12-14/h7-8,12-13,17H,4-6,9-11H2,1-3H3. The lowest BCUT2D eigenvalue weighted by atomic mass is 9.79. The third kappa shape index (κ3) is 4.27. The van der Waals surface area contributed by atoms with Crippen LogP contribution in [0.2, 0.25) is 0 Å². The first-order valence-electron chi connectivity index (χ1n) is 9.05. The van der Waals surface area contributed by atoms with Crippen LogP contribution < -0.4 is 0 Å². The van der Waals surface area contributed by atoms with E-state index >= 15 is 0 Å². The fraction of sp³-hybridized carbons (Fsp3) is 0.579. The number of ether oxygens (including phenoxy) is 1. The van der Waals surface area contributed by atoms with E-state index in [4.69, 9.17) is 4.74 Å². The van der Waals surface area contributed by atoms with Crippen molar-refractivity contribution in [1.82, 2.24) is 19.7 Å². The highest BCUT2D eigenvalue weighted by Gasteiger charge is 2.32. The Kier molecular flexibility index (Phi) is 5.98. The summed E-state index contributed by atoms with van der Waals surface area (Å²) in [5.74, 6) is 0.168. The predicted molar refractivity (Wildman–Crippen MR) is 95.4 cm³/mol. The molecule has 1 aromatic heterocycles. The highest BCUT2D eigenvalue weighted by atomic mass is 19.2. The molecule has 0 radical (unpaired) electrons. The first kappa shape index (κ1) is 18.9. The van der Waals surface area contributed by atoms with Crippen molar-refractivity contribution in [1.29, 1.82) is 0 Å². The second-order valence-electron chi connectivity index (χ2n) is 7.18. The number of hydrogen-bond acceptors (Lipinski definition) is 4. The van der Waals surface area contributed by atoms with Gasteiger partial charge in [0.1, 0.15) is 5.82 Å². The Labute approximate surface area is 153 Å². The highest BCUT2D eigenvalue weighted by molar-refractivity contribution is 5.33. The second-order valence-corrected chi connectivity index (χ2v) is 7.18. The lowest BCUT2D eigenvalue weighted by molar-refractivity contribution is -0.0167. The van der Waals surface area contributed by atoms with Gasteiger partial charge in [0.15, 0.2) is 17.5 Å². The van der Waals surface area contributed by atoms with E-state index < -0.39 is 11.6 Å². The molecule has 1 aromatic carbocycles. The van der Waals surface area contributed by atoms with Gasteiger partial charge >= 0.3 is 0 Å². The van der Waals surface area contributed by atoms with Gasteiger partial charge in [-0.2, -0.15) is 5.10 Å². The molecule has 7 heteroatoms. The summed E-state index contributed by atoms with van der Waals surface area (Å²) < 4.78 is 34.1. The summed E-state index contributed by atoms with van der Waals surface area (Å²) in [6.45, 7) is 0.948. The number of aryl methyl sites for hydroxylation is 1. The molecular formula is C19H26F2N4O. The second kappa shape index (κ2) is 8.22. The van der Waals surface area contributed by atoms with Crippen molar-refractivity contribution in [2.45, 2.75) is 38.2 Å². The van der Waals surface area contributed by atoms with E-state index in [0.29, 0.717) is 11.6 Å². The van der Waals surface area contributed by atoms with Gasteiger partial charge < -0.3 is 9.64 Å². The van der Waals surface area contributed by atoms with Gasteiger partial charge in [-0.1, -0.05) is 0 Å². The molecule has 1 heterocycles. The van der Waals surface area contributed by atoms with Crippen molar-refractivity contribution < 1.29 is 13.5 Å². The summed E-state index contributed by atoms with van der Waals surface area (Å²) in [6, 6.07) is 3.84. The van der Waals surface area contributed by atoms with Crippen molar-refractivity contribution in [3.63, 3.8) is 0 Å². The highest BCUT2D eigenvalue weighted by Crippen LogP contribution is 2.33. The molecule has 0 saturated heterocycles. The monoisotopic (exact) mass is 364 g/mol. The lowest BCUT2D eigenvalue weighted by Crippen LogP contribution is -2.35. The van der Waals surface area contributed by atoms with E-state index in [1.54, 1.807) is 11.8 Å². The van der Waals surface area contributed by atoms with E-state index in [0.717, 1.165) is 56.4 Å². The van der Waals surface area contributed by atoms with Gasteiger partial charge in [-0.3, -0.25) is 0 Å². The summed E-state index contributed by atoms with van der Waals surface area (Å²) in [7, 11) is 5.78. The number of benzene rings is 1. The molecule has 2 unspecified atom stereocenters. The zero-order valence-corrected chi connectivity index (χ0v) is 15.6. The van der Waals surface area contributed by atoms with Crippen LogP contribution in [0.5, 0.6) is 0 Å². The maximum absolute atomic E-state index is 13.7. The molecule has 0 aliphatic heterocycles. The zero-order valence-electron chi connectivity index (χ0n) is 15.6. The Morgan fingerprint density at radius 3 is 2.65 bits per heavy atom. The summed E-state index contributed by atoms with van der Waals surface area (Å²) >= 11 is 0. The average Bonchev–Trinajstić information content (AvgIpc) is 2.97. The molecule has 5 nitrogen and oxygen atoms in total. The van der Waals surface area contributed by atoms with Crippen LogP contribution >= 0.6 is 0 Å². The zero-order chi connectivity index (χ0) is 18.7. The maximum Gasteiger partial charge on any atom is 0.160 e. The first-order chi connectivity index (χ1) is 12.5. The van der Waals surface area contributed by atoms with Crippen molar-refractivity contribution in [2.75, 3.05) is 27.7 Å². The largest absolute Gasteiger partial charge is 0.381 e. The van der Waals surface area contributed by atoms with Crippen molar-refractivity contribution in [2.24, 2.45) is 5.92 Å². The molecule has 2 aromatic rings. The minimum absolute atomic E-state index is 0.238. The molecule has 3 rings (SSSR count). The van der Waals surface area contributed by atoms with Gasteiger partial charge in [-0.15, -0.1) is 0 Å². The van der Waals surface area contributed by atoms with E-state index in [-0.39, 0.29) is 6.10 Å². The summed E-state index contributed by atoms with van der Waals surface area (Å²) in [4.78, 5) is 6.80. The van der Waals surface area contributed by atoms with Gasteiger partial charge in [0.05, 0.1) is 11.8 Å². The predicted octanol–water partition coefficient (Wildman–Crippen LogP) is 3.01. The quantitative estimate of drug-likeness (QED) is 0.722. The van der Waals surface area contributed by atoms with E-state index in [1.807, 2.05) is 14.1 Å². The smallest absolute Gasteiger partial charge is 0.160 e. The molecule has 0 spiro atoms. The molecule has 26 heavy (non-hydrogen) atoms. The summed E-state index contributed by atoms with van der Waals surface area (Å²) in [6.07, 6.45) is 4.79. The van der Waals surface area contributed by atoms with Crippen LogP contribution in [-0.2, 0) is 17.6 Å². The van der Waals surface area contributed by atoms with Crippen LogP contribution in [0, 0.1) is 17.6 Å². The maximum atomic E-state index is 13.7. The van der Waals surface area contributed by atoms with Crippen LogP contribution in [-0.4, -0.2) is 53.5 Å². The molecule has 1 fully saturated rings. The van der Waals surface area contributed by atoms with E-state index in [2.05, 4.69) is 15.0 Å². The topological polar surface area (TPSA) is 43.2 Å². The Balaban J connectivity index is 1.84. The Morgan fingerprint density at radius 1 is 1.23 bits per heavy atom. The SMILES string of the molecule is COC1CCC1Cc1nc(CCCN(C)C)nn1-c1ccc(F)c(F)c1. The minimum atomic E-state index is -0.878. The Bertz CT molecular complexity index is 745. The fourth-order valence-corrected chi connectivity index (χ4v) is 3.32. The fourth-order valence-electron chi connectivity index (χ4n) is 3.32. The summed E-state index contributed by atoms with van der Waals surface area (Å²) in [5.41, 5.74) is 0.499. The molecule has 1 aliphatic rings. The van der Waals surface area contributed by atoms with Crippen molar-refractivity contribution in [3.05, 3.63) is 41.5 Å². The normalized spacial score (nSPS) is 19.8. The summed E-state index contributed by atoms with van der Waals surface area (Å²) in [5, 5.41) is 4.57. The molecule has 0 N–H and O–H groups in total. The van der Waals surface area contributed by atoms with E-state index in [1.165, 1.54) is 12.1 Å². The molecule has 0 bridgehead atoms. The lowest BCUT2D eigenvalue weighted by Gasteiger charge is -2.35. The average molecular weight is 364 g/mol. The molecule has 1 aliphatic carbocycles. The molecule has 2 atom stereocenters. The van der Waals surface area contributed by atoms with Gasteiger partial charge in [0.25, 0.3) is 0 Å². The molecule has 0 amide bonds. The van der Waals surface area contributed by atoms with Gasteiger partial charge in [-0.25, -0.2) is 18.4 Å². The number of halogens is 2. The van der Waals surface area contributed by atoms with Gasteiger partial charge in [-0.05, 0) is 58.0 Å². The number of hydrogen-bond donors (Lipinski definition) is 0. The number of rotatable bonds is 8. The van der Waals surface area contributed by atoms with Crippen LogP contribution in [0.25, 0.3) is 5.69 Å². The van der Waals surface area contributed by atoms with Crippen LogP contribution in [0.3, 0.4) is 0 Å². The number of aromatic nitrogens is 3. The minimum Gasteiger partial charge on any atom is -0.381 e. The van der Waals surface area contributed by atoms with Crippen LogP contribution in [0.4, 0.5) is 8.78 Å². The van der Waals surface area contributed by atoms with Gasteiger partial charge in [0, 0.05) is 26.0 Å². The Hall–Kier alpha value is -1.86. The number of nitrogens with zero attached hydrogens (tertiary/aromatic N) is 4. The van der Waals surface area contributed by atoms with Crippen LogP contribution in [0.1, 0.15) is 30.9 Å².